The first-order chi connectivity index (χ1) is 6.24. The quantitative estimate of drug-likeness (QED) is 0.803. The van der Waals surface area contributed by atoms with Crippen LogP contribution in [-0.2, 0) is 11.2 Å². The van der Waals surface area contributed by atoms with Gasteiger partial charge in [-0.25, -0.2) is 0 Å². The van der Waals surface area contributed by atoms with Gasteiger partial charge in [0, 0.05) is 7.05 Å². The average Bonchev–Trinajstić information content (AvgIpc) is 2.18. The molecule has 0 fully saturated rings. The highest BCUT2D eigenvalue weighted by molar-refractivity contribution is 9.10. The minimum atomic E-state index is -0.139. The van der Waals surface area contributed by atoms with Gasteiger partial charge >= 0.3 is 0 Å². The number of rotatable bonds is 3. The number of carbonyl (C=O) groups excluding carboxylic acids is 1. The molecule has 1 aromatic rings. The van der Waals surface area contributed by atoms with Crippen LogP contribution in [0.25, 0.3) is 0 Å². The van der Waals surface area contributed by atoms with E-state index >= 15 is 0 Å². The third-order valence-electron chi connectivity index (χ3n) is 1.79. The molecule has 0 saturated carbocycles. The molecule has 1 amide bonds. The fourth-order valence-electron chi connectivity index (χ4n) is 1.07. The molecule has 1 rings (SSSR count). The first-order valence-electron chi connectivity index (χ1n) is 4.13. The van der Waals surface area contributed by atoms with Crippen LogP contribution in [0.15, 0.2) is 30.3 Å². The molecule has 0 aliphatic carbocycles. The van der Waals surface area contributed by atoms with Crippen molar-refractivity contribution in [2.24, 2.45) is 0 Å². The lowest BCUT2D eigenvalue weighted by Gasteiger charge is -2.07. The highest BCUT2D eigenvalue weighted by atomic mass is 79.9. The summed E-state index contributed by atoms with van der Waals surface area (Å²) in [4.78, 5) is 11.0. The van der Waals surface area contributed by atoms with Crippen molar-refractivity contribution in [3.8, 4) is 0 Å². The lowest BCUT2D eigenvalue weighted by Crippen LogP contribution is -2.28. The van der Waals surface area contributed by atoms with Crippen LogP contribution in [0.1, 0.15) is 5.56 Å². The van der Waals surface area contributed by atoms with Gasteiger partial charge in [0.25, 0.3) is 0 Å². The van der Waals surface area contributed by atoms with Gasteiger partial charge in [-0.2, -0.15) is 0 Å². The van der Waals surface area contributed by atoms with Gasteiger partial charge in [0.2, 0.25) is 5.91 Å². The molecule has 0 bridgehead atoms. The molecule has 2 nitrogen and oxygen atoms in total. The van der Waals surface area contributed by atoms with Crippen LogP contribution >= 0.6 is 15.9 Å². The zero-order chi connectivity index (χ0) is 9.68. The second kappa shape index (κ2) is 5.02. The third-order valence-corrected chi connectivity index (χ3v) is 2.53. The van der Waals surface area contributed by atoms with E-state index in [-0.39, 0.29) is 10.7 Å². The van der Waals surface area contributed by atoms with Crippen LogP contribution in [0.3, 0.4) is 0 Å². The van der Waals surface area contributed by atoms with E-state index in [0.29, 0.717) is 0 Å². The maximum Gasteiger partial charge on any atom is 0.233 e. The average molecular weight is 242 g/mol. The molecule has 0 spiro atoms. The van der Waals surface area contributed by atoms with Crippen LogP contribution < -0.4 is 5.32 Å². The second-order valence-electron chi connectivity index (χ2n) is 2.77. The Hall–Kier alpha value is -0.830. The number of alkyl halides is 1. The molecule has 3 heteroatoms. The molecule has 0 saturated heterocycles. The Balaban J connectivity index is 2.55. The maximum absolute atomic E-state index is 11.2. The summed E-state index contributed by atoms with van der Waals surface area (Å²) in [5.74, 6) is 0.0175. The van der Waals surface area contributed by atoms with Crippen molar-refractivity contribution in [1.29, 1.82) is 0 Å². The molecule has 13 heavy (non-hydrogen) atoms. The van der Waals surface area contributed by atoms with Crippen molar-refractivity contribution in [2.75, 3.05) is 7.05 Å². The molecule has 0 radical (unpaired) electrons. The Morgan fingerprint density at radius 1 is 1.46 bits per heavy atom. The predicted octanol–water partition coefficient (Wildman–Crippen LogP) is 1.74. The Labute approximate surface area is 86.5 Å². The number of benzene rings is 1. The zero-order valence-corrected chi connectivity index (χ0v) is 9.04. The first kappa shape index (κ1) is 10.3. The predicted molar refractivity (Wildman–Crippen MR) is 56.9 cm³/mol. The summed E-state index contributed by atoms with van der Waals surface area (Å²) in [6.45, 7) is 0. The van der Waals surface area contributed by atoms with Crippen molar-refractivity contribution < 1.29 is 4.79 Å². The normalized spacial score (nSPS) is 12.2. The Bertz CT molecular complexity index is 274. The van der Waals surface area contributed by atoms with Gasteiger partial charge < -0.3 is 5.32 Å². The SMILES string of the molecule is CNC(=O)C(Br)Cc1ccccc1. The van der Waals surface area contributed by atoms with E-state index in [1.807, 2.05) is 30.3 Å². The van der Waals surface area contributed by atoms with Gasteiger partial charge in [0.1, 0.15) is 0 Å². The van der Waals surface area contributed by atoms with Crippen molar-refractivity contribution in [3.63, 3.8) is 0 Å². The number of hydrogen-bond acceptors (Lipinski definition) is 1. The van der Waals surface area contributed by atoms with Crippen LogP contribution in [0.2, 0.25) is 0 Å². The minimum Gasteiger partial charge on any atom is -0.358 e. The molecular formula is C10H12BrNO. The molecule has 1 atom stereocenters. The summed E-state index contributed by atoms with van der Waals surface area (Å²) >= 11 is 3.33. The summed E-state index contributed by atoms with van der Waals surface area (Å²) in [7, 11) is 1.64. The third kappa shape index (κ3) is 3.19. The fourth-order valence-corrected chi connectivity index (χ4v) is 1.67. The van der Waals surface area contributed by atoms with E-state index in [0.717, 1.165) is 12.0 Å². The van der Waals surface area contributed by atoms with E-state index in [1.54, 1.807) is 7.05 Å². The van der Waals surface area contributed by atoms with Gasteiger partial charge in [0.15, 0.2) is 0 Å². The van der Waals surface area contributed by atoms with Crippen LogP contribution in [0, 0.1) is 0 Å². The minimum absolute atomic E-state index is 0.0175. The molecule has 1 N–H and O–H groups in total. The van der Waals surface area contributed by atoms with Gasteiger partial charge in [-0.1, -0.05) is 46.3 Å². The summed E-state index contributed by atoms with van der Waals surface area (Å²) in [6.07, 6.45) is 0.723. The smallest absolute Gasteiger partial charge is 0.233 e. The molecule has 0 aliphatic heterocycles. The van der Waals surface area contributed by atoms with Crippen LogP contribution in [0.4, 0.5) is 0 Å². The van der Waals surface area contributed by atoms with Crippen molar-refractivity contribution >= 4 is 21.8 Å². The lowest BCUT2D eigenvalue weighted by atomic mass is 10.1. The molecule has 1 aromatic carbocycles. The van der Waals surface area contributed by atoms with Crippen molar-refractivity contribution in [1.82, 2.24) is 5.32 Å². The van der Waals surface area contributed by atoms with Crippen LogP contribution in [-0.4, -0.2) is 17.8 Å². The summed E-state index contributed by atoms with van der Waals surface area (Å²) in [5, 5.41) is 2.60. The number of halogens is 1. The van der Waals surface area contributed by atoms with Gasteiger partial charge in [-0.05, 0) is 12.0 Å². The van der Waals surface area contributed by atoms with Gasteiger partial charge in [-0.3, -0.25) is 4.79 Å². The fraction of sp³-hybridized carbons (Fsp3) is 0.300. The first-order valence-corrected chi connectivity index (χ1v) is 5.05. The van der Waals surface area contributed by atoms with E-state index in [4.69, 9.17) is 0 Å². The topological polar surface area (TPSA) is 29.1 Å². The van der Waals surface area contributed by atoms with E-state index in [2.05, 4.69) is 21.2 Å². The molecule has 70 valence electrons. The molecular weight excluding hydrogens is 230 g/mol. The summed E-state index contributed by atoms with van der Waals surface area (Å²) < 4.78 is 0. The van der Waals surface area contributed by atoms with Crippen molar-refractivity contribution in [3.05, 3.63) is 35.9 Å². The molecule has 1 unspecified atom stereocenters. The van der Waals surface area contributed by atoms with Crippen molar-refractivity contribution in [2.45, 2.75) is 11.2 Å². The number of hydrogen-bond donors (Lipinski definition) is 1. The van der Waals surface area contributed by atoms with E-state index in [1.165, 1.54) is 0 Å². The highest BCUT2D eigenvalue weighted by Gasteiger charge is 2.12. The van der Waals surface area contributed by atoms with Crippen LogP contribution in [0.5, 0.6) is 0 Å². The Morgan fingerprint density at radius 3 is 2.62 bits per heavy atom. The van der Waals surface area contributed by atoms with E-state index < -0.39 is 0 Å². The zero-order valence-electron chi connectivity index (χ0n) is 7.46. The van der Waals surface area contributed by atoms with E-state index in [9.17, 15) is 4.79 Å². The monoisotopic (exact) mass is 241 g/mol. The summed E-state index contributed by atoms with van der Waals surface area (Å²) in [5.41, 5.74) is 1.16. The Morgan fingerprint density at radius 2 is 2.08 bits per heavy atom. The largest absolute Gasteiger partial charge is 0.358 e. The number of carbonyl (C=O) groups is 1. The van der Waals surface area contributed by atoms with Gasteiger partial charge in [0.05, 0.1) is 4.83 Å². The van der Waals surface area contributed by atoms with Gasteiger partial charge in [-0.15, -0.1) is 0 Å². The maximum atomic E-state index is 11.2. The highest BCUT2D eigenvalue weighted by Crippen LogP contribution is 2.09. The molecule has 0 heterocycles. The number of nitrogens with one attached hydrogen (secondary N) is 1. The summed E-state index contributed by atoms with van der Waals surface area (Å²) in [6, 6.07) is 9.93. The lowest BCUT2D eigenvalue weighted by molar-refractivity contribution is -0.119. The standard InChI is InChI=1S/C10H12BrNO/c1-12-10(13)9(11)7-8-5-3-2-4-6-8/h2-6,9H,7H2,1H3,(H,12,13). The number of amides is 1. The molecule has 0 aromatic heterocycles. The Kier molecular flexibility index (Phi) is 3.96. The molecule has 0 aliphatic rings. The second-order valence-corrected chi connectivity index (χ2v) is 3.88.